The predicted octanol–water partition coefficient (Wildman–Crippen LogP) is 2.53. The number of rotatable bonds is 3. The van der Waals surface area contributed by atoms with Gasteiger partial charge in [-0.2, -0.15) is 5.10 Å². The normalized spacial score (nSPS) is 25.3. The lowest BCUT2D eigenvalue weighted by Crippen LogP contribution is -2.57. The maximum absolute atomic E-state index is 5.96. The van der Waals surface area contributed by atoms with E-state index in [0.29, 0.717) is 12.0 Å². The summed E-state index contributed by atoms with van der Waals surface area (Å²) < 4.78 is 1.98. The Kier molecular flexibility index (Phi) is 4.23. The van der Waals surface area contributed by atoms with Crippen LogP contribution in [-0.2, 0) is 6.54 Å². The summed E-state index contributed by atoms with van der Waals surface area (Å²) in [6.07, 6.45) is 8.04. The minimum Gasteiger partial charge on any atom is -0.354 e. The second-order valence-electron chi connectivity index (χ2n) is 6.61. The molecule has 2 aliphatic rings. The first-order valence-electron chi connectivity index (χ1n) is 8.36. The summed E-state index contributed by atoms with van der Waals surface area (Å²) >= 11 is 5.96. The molecule has 2 fully saturated rings. The van der Waals surface area contributed by atoms with Gasteiger partial charge < -0.3 is 4.90 Å². The lowest BCUT2D eigenvalue weighted by Gasteiger charge is -2.46. The molecule has 122 valence electrons. The maximum atomic E-state index is 5.96. The zero-order valence-corrected chi connectivity index (χ0v) is 13.9. The summed E-state index contributed by atoms with van der Waals surface area (Å²) in [6, 6.07) is 6.82. The molecule has 0 unspecified atom stereocenters. The molecule has 5 nitrogen and oxygen atoms in total. The van der Waals surface area contributed by atoms with Crippen molar-refractivity contribution in [3.63, 3.8) is 0 Å². The number of piperidine rings is 1. The largest absolute Gasteiger partial charge is 0.354 e. The van der Waals surface area contributed by atoms with E-state index in [9.17, 15) is 0 Å². The number of hydrogen-bond donors (Lipinski definition) is 0. The van der Waals surface area contributed by atoms with Crippen LogP contribution in [0, 0.1) is 5.92 Å². The van der Waals surface area contributed by atoms with Crippen LogP contribution in [0.4, 0.5) is 5.82 Å². The summed E-state index contributed by atoms with van der Waals surface area (Å²) in [6.45, 7) is 5.42. The predicted molar refractivity (Wildman–Crippen MR) is 91.8 cm³/mol. The maximum Gasteiger partial charge on any atom is 0.128 e. The zero-order valence-electron chi connectivity index (χ0n) is 13.2. The van der Waals surface area contributed by atoms with Crippen LogP contribution in [0.25, 0.3) is 0 Å². The highest BCUT2D eigenvalue weighted by Crippen LogP contribution is 2.27. The van der Waals surface area contributed by atoms with E-state index in [2.05, 4.69) is 32.0 Å². The van der Waals surface area contributed by atoms with Crippen LogP contribution in [0.15, 0.2) is 36.8 Å². The summed E-state index contributed by atoms with van der Waals surface area (Å²) in [5, 5.41) is 5.04. The topological polar surface area (TPSA) is 37.2 Å². The van der Waals surface area contributed by atoms with Crippen molar-refractivity contribution in [2.45, 2.75) is 25.4 Å². The summed E-state index contributed by atoms with van der Waals surface area (Å²) in [4.78, 5) is 9.57. The molecule has 0 spiro atoms. The van der Waals surface area contributed by atoms with Gasteiger partial charge in [0.05, 0.1) is 11.2 Å². The number of anilines is 1. The van der Waals surface area contributed by atoms with Crippen LogP contribution in [-0.4, -0.2) is 51.9 Å². The molecule has 4 heterocycles. The van der Waals surface area contributed by atoms with Crippen molar-refractivity contribution < 1.29 is 0 Å². The van der Waals surface area contributed by atoms with Crippen molar-refractivity contribution in [2.75, 3.05) is 31.1 Å². The molecule has 2 aromatic heterocycles. The molecule has 0 aliphatic carbocycles. The molecule has 0 saturated carbocycles. The van der Waals surface area contributed by atoms with E-state index >= 15 is 0 Å². The van der Waals surface area contributed by atoms with Crippen molar-refractivity contribution in [2.24, 2.45) is 5.92 Å². The summed E-state index contributed by atoms with van der Waals surface area (Å²) in [5.74, 6) is 1.78. The highest BCUT2D eigenvalue weighted by atomic mass is 35.5. The molecule has 4 rings (SSSR count). The highest BCUT2D eigenvalue weighted by molar-refractivity contribution is 6.30. The third kappa shape index (κ3) is 3.35. The SMILES string of the molecule is Clc1cnn(C[C@H]2CC[C@H]3CN(c4ccccn4)CCN3C2)c1. The van der Waals surface area contributed by atoms with E-state index in [-0.39, 0.29) is 0 Å². The Balaban J connectivity index is 1.35. The standard InChI is InChI=1S/C17H22ClN5/c18-15-9-20-23(12-15)11-14-4-5-16-13-22(8-7-21(16)10-14)17-3-1-2-6-19-17/h1-3,6,9,12,14,16H,4-5,7-8,10-11,13H2/t14-,16-/m0/s1. The lowest BCUT2D eigenvalue weighted by molar-refractivity contribution is 0.0871. The quantitative estimate of drug-likeness (QED) is 0.866. The van der Waals surface area contributed by atoms with Crippen molar-refractivity contribution in [3.05, 3.63) is 41.8 Å². The van der Waals surface area contributed by atoms with Crippen LogP contribution in [0.2, 0.25) is 5.02 Å². The Labute approximate surface area is 141 Å². The molecular weight excluding hydrogens is 310 g/mol. The van der Waals surface area contributed by atoms with E-state index in [4.69, 9.17) is 11.6 Å². The van der Waals surface area contributed by atoms with Gasteiger partial charge in [0.2, 0.25) is 0 Å². The highest BCUT2D eigenvalue weighted by Gasteiger charge is 2.33. The minimum atomic E-state index is 0.656. The fourth-order valence-corrected chi connectivity index (χ4v) is 4.02. The number of piperazine rings is 1. The Morgan fingerprint density at radius 3 is 2.91 bits per heavy atom. The van der Waals surface area contributed by atoms with Gasteiger partial charge in [0.25, 0.3) is 0 Å². The van der Waals surface area contributed by atoms with Crippen molar-refractivity contribution in [1.82, 2.24) is 19.7 Å². The Morgan fingerprint density at radius 1 is 1.17 bits per heavy atom. The van der Waals surface area contributed by atoms with Gasteiger partial charge in [-0.3, -0.25) is 9.58 Å². The molecule has 2 aromatic rings. The number of aromatic nitrogens is 3. The van der Waals surface area contributed by atoms with Crippen molar-refractivity contribution in [3.8, 4) is 0 Å². The second-order valence-corrected chi connectivity index (χ2v) is 7.04. The van der Waals surface area contributed by atoms with Gasteiger partial charge in [-0.1, -0.05) is 17.7 Å². The van der Waals surface area contributed by atoms with Crippen LogP contribution in [0.3, 0.4) is 0 Å². The van der Waals surface area contributed by atoms with Gasteiger partial charge in [-0.25, -0.2) is 4.98 Å². The van der Waals surface area contributed by atoms with Crippen LogP contribution >= 0.6 is 11.6 Å². The van der Waals surface area contributed by atoms with Gasteiger partial charge in [0.1, 0.15) is 5.82 Å². The number of nitrogens with zero attached hydrogens (tertiary/aromatic N) is 5. The number of halogens is 1. The molecule has 2 aliphatic heterocycles. The average molecular weight is 332 g/mol. The first-order valence-corrected chi connectivity index (χ1v) is 8.74. The van der Waals surface area contributed by atoms with Crippen molar-refractivity contribution in [1.29, 1.82) is 0 Å². The fraction of sp³-hybridized carbons (Fsp3) is 0.529. The smallest absolute Gasteiger partial charge is 0.128 e. The molecule has 0 amide bonds. The molecule has 2 atom stereocenters. The van der Waals surface area contributed by atoms with Gasteiger partial charge in [-0.15, -0.1) is 0 Å². The summed E-state index contributed by atoms with van der Waals surface area (Å²) in [5.41, 5.74) is 0. The zero-order chi connectivity index (χ0) is 15.6. The van der Waals surface area contributed by atoms with Gasteiger partial charge >= 0.3 is 0 Å². The number of hydrogen-bond acceptors (Lipinski definition) is 4. The van der Waals surface area contributed by atoms with Crippen molar-refractivity contribution >= 4 is 17.4 Å². The minimum absolute atomic E-state index is 0.656. The van der Waals surface area contributed by atoms with Crippen LogP contribution in [0.5, 0.6) is 0 Å². The molecule has 0 bridgehead atoms. The molecule has 6 heteroatoms. The number of fused-ring (bicyclic) bond motifs is 1. The van der Waals surface area contributed by atoms with E-state index in [1.54, 1.807) is 6.20 Å². The van der Waals surface area contributed by atoms with E-state index in [0.717, 1.165) is 43.6 Å². The third-order valence-electron chi connectivity index (χ3n) is 5.03. The van der Waals surface area contributed by atoms with Gasteiger partial charge in [-0.05, 0) is 30.9 Å². The molecule has 23 heavy (non-hydrogen) atoms. The molecule has 2 saturated heterocycles. The monoisotopic (exact) mass is 331 g/mol. The van der Waals surface area contributed by atoms with Gasteiger partial charge in [0, 0.05) is 51.2 Å². The number of pyridine rings is 1. The van der Waals surface area contributed by atoms with Crippen LogP contribution < -0.4 is 4.90 Å². The molecular formula is C17H22ClN5. The summed E-state index contributed by atoms with van der Waals surface area (Å²) in [7, 11) is 0. The molecule has 0 radical (unpaired) electrons. The first-order chi connectivity index (χ1) is 11.3. The Hall–Kier alpha value is -1.59. The van der Waals surface area contributed by atoms with Crippen LogP contribution in [0.1, 0.15) is 12.8 Å². The van der Waals surface area contributed by atoms with E-state index in [1.165, 1.54) is 12.8 Å². The third-order valence-corrected chi connectivity index (χ3v) is 5.22. The molecule has 0 aromatic carbocycles. The first kappa shape index (κ1) is 15.0. The Bertz CT molecular complexity index is 643. The van der Waals surface area contributed by atoms with E-state index < -0.39 is 0 Å². The molecule has 0 N–H and O–H groups in total. The van der Waals surface area contributed by atoms with E-state index in [1.807, 2.05) is 23.1 Å². The Morgan fingerprint density at radius 2 is 2.13 bits per heavy atom. The fourth-order valence-electron chi connectivity index (χ4n) is 3.86. The second kappa shape index (κ2) is 6.49. The average Bonchev–Trinajstić information content (AvgIpc) is 3.00. The lowest BCUT2D eigenvalue weighted by atomic mass is 9.91. The van der Waals surface area contributed by atoms with Gasteiger partial charge in [0.15, 0.2) is 0 Å².